The topological polar surface area (TPSA) is 29.5 Å². The minimum absolute atomic E-state index is 0.0427. The molecule has 4 rings (SSSR count). The first-order valence-corrected chi connectivity index (χ1v) is 13.5. The fourth-order valence-corrected chi connectivity index (χ4v) is 9.07. The van der Waals surface area contributed by atoms with Gasteiger partial charge in [0.2, 0.25) is 0 Å². The Hall–Kier alpha value is -0.340. The minimum Gasteiger partial charge on any atom is -0.392 e. The van der Waals surface area contributed by atoms with Crippen LogP contribution in [0.4, 0.5) is 0 Å². The average molecular weight is 431 g/mol. The molecule has 0 saturated heterocycles. The van der Waals surface area contributed by atoms with Crippen LogP contribution in [0.2, 0.25) is 0 Å². The van der Waals surface area contributed by atoms with Gasteiger partial charge in [-0.2, -0.15) is 0 Å². The normalized spacial score (nSPS) is 48.0. The van der Waals surface area contributed by atoms with E-state index in [1.165, 1.54) is 57.8 Å². The number of hydrogen-bond acceptors (Lipinski definition) is 2. The minimum atomic E-state index is -0.181. The monoisotopic (exact) mass is 430 g/mol. The van der Waals surface area contributed by atoms with Crippen LogP contribution in [-0.2, 0) is 4.74 Å². The molecular formula is C29H50O2. The zero-order valence-corrected chi connectivity index (χ0v) is 21.5. The summed E-state index contributed by atoms with van der Waals surface area (Å²) >= 11 is 0. The van der Waals surface area contributed by atoms with Crippen molar-refractivity contribution in [3.63, 3.8) is 0 Å². The lowest BCUT2D eigenvalue weighted by molar-refractivity contribution is -0.0865. The van der Waals surface area contributed by atoms with Gasteiger partial charge < -0.3 is 9.84 Å². The zero-order valence-electron chi connectivity index (χ0n) is 21.5. The quantitative estimate of drug-likeness (QED) is 0.445. The van der Waals surface area contributed by atoms with Crippen LogP contribution in [0.25, 0.3) is 0 Å². The van der Waals surface area contributed by atoms with E-state index in [4.69, 9.17) is 4.74 Å². The van der Waals surface area contributed by atoms with E-state index in [9.17, 15) is 5.11 Å². The first-order valence-electron chi connectivity index (χ1n) is 13.5. The molecule has 0 aromatic heterocycles. The van der Waals surface area contributed by atoms with E-state index in [2.05, 4.69) is 47.6 Å². The van der Waals surface area contributed by atoms with Gasteiger partial charge in [-0.05, 0) is 85.4 Å². The van der Waals surface area contributed by atoms with Gasteiger partial charge in [0, 0.05) is 12.5 Å². The van der Waals surface area contributed by atoms with E-state index in [-0.39, 0.29) is 16.9 Å². The molecule has 0 heterocycles. The summed E-state index contributed by atoms with van der Waals surface area (Å²) in [5.74, 6) is 3.56. The maximum absolute atomic E-state index is 11.6. The van der Waals surface area contributed by atoms with Crippen LogP contribution >= 0.6 is 0 Å². The Morgan fingerprint density at radius 3 is 2.48 bits per heavy atom. The van der Waals surface area contributed by atoms with Gasteiger partial charge in [0.25, 0.3) is 0 Å². The van der Waals surface area contributed by atoms with Crippen LogP contribution in [0.15, 0.2) is 11.6 Å². The number of aliphatic hydroxyl groups is 1. The summed E-state index contributed by atoms with van der Waals surface area (Å²) < 4.78 is 5.77. The van der Waals surface area contributed by atoms with E-state index in [0.717, 1.165) is 18.3 Å². The molecule has 0 aromatic carbocycles. The smallest absolute Gasteiger partial charge is 0.0639 e. The van der Waals surface area contributed by atoms with Crippen LogP contribution < -0.4 is 0 Å². The van der Waals surface area contributed by atoms with Gasteiger partial charge in [-0.25, -0.2) is 0 Å². The van der Waals surface area contributed by atoms with Crippen LogP contribution in [-0.4, -0.2) is 24.4 Å². The summed E-state index contributed by atoms with van der Waals surface area (Å²) in [6, 6.07) is 0. The van der Waals surface area contributed by atoms with Gasteiger partial charge in [-0.3, -0.25) is 0 Å². The predicted molar refractivity (Wildman–Crippen MR) is 130 cm³/mol. The lowest BCUT2D eigenvalue weighted by Gasteiger charge is -2.62. The molecule has 0 amide bonds. The van der Waals surface area contributed by atoms with Crippen molar-refractivity contribution >= 4 is 0 Å². The van der Waals surface area contributed by atoms with E-state index in [0.29, 0.717) is 29.3 Å². The zero-order chi connectivity index (χ0) is 22.6. The molecule has 3 saturated carbocycles. The molecule has 178 valence electrons. The van der Waals surface area contributed by atoms with Crippen molar-refractivity contribution < 1.29 is 9.84 Å². The highest BCUT2D eigenvalue weighted by molar-refractivity contribution is 5.34. The summed E-state index contributed by atoms with van der Waals surface area (Å²) in [6.45, 7) is 14.8. The molecule has 0 aliphatic heterocycles. The molecule has 1 N–H and O–H groups in total. The highest BCUT2D eigenvalue weighted by Gasteiger charge is 2.66. The van der Waals surface area contributed by atoms with E-state index in [1.54, 1.807) is 5.57 Å². The largest absolute Gasteiger partial charge is 0.392 e. The van der Waals surface area contributed by atoms with E-state index in [1.807, 2.05) is 7.11 Å². The molecule has 2 heteroatoms. The summed E-state index contributed by atoms with van der Waals surface area (Å²) in [6.07, 6.45) is 15.4. The molecule has 2 nitrogen and oxygen atoms in total. The molecule has 3 fully saturated rings. The van der Waals surface area contributed by atoms with Gasteiger partial charge in [-0.1, -0.05) is 72.5 Å². The molecule has 4 aliphatic rings. The van der Waals surface area contributed by atoms with Crippen LogP contribution in [0, 0.1) is 45.8 Å². The number of fused-ring (bicyclic) bond motifs is 5. The Labute approximate surface area is 192 Å². The molecule has 9 atom stereocenters. The van der Waals surface area contributed by atoms with Gasteiger partial charge in [0.05, 0.1) is 12.2 Å². The summed E-state index contributed by atoms with van der Waals surface area (Å²) in [4.78, 5) is 0. The Balaban J connectivity index is 1.60. The number of rotatable bonds is 6. The second kappa shape index (κ2) is 8.46. The summed E-state index contributed by atoms with van der Waals surface area (Å²) in [7, 11) is 1.89. The molecular weight excluding hydrogens is 380 g/mol. The third kappa shape index (κ3) is 3.58. The lowest BCUT2D eigenvalue weighted by atomic mass is 9.43. The van der Waals surface area contributed by atoms with Crippen molar-refractivity contribution in [1.82, 2.24) is 0 Å². The van der Waals surface area contributed by atoms with Gasteiger partial charge in [0.15, 0.2) is 0 Å². The van der Waals surface area contributed by atoms with Crippen molar-refractivity contribution in [3.8, 4) is 0 Å². The van der Waals surface area contributed by atoms with Crippen molar-refractivity contribution in [1.29, 1.82) is 0 Å². The van der Waals surface area contributed by atoms with Crippen molar-refractivity contribution in [3.05, 3.63) is 11.6 Å². The molecule has 0 unspecified atom stereocenters. The Morgan fingerprint density at radius 2 is 1.81 bits per heavy atom. The predicted octanol–water partition coefficient (Wildman–Crippen LogP) is 7.40. The van der Waals surface area contributed by atoms with E-state index < -0.39 is 0 Å². The maximum atomic E-state index is 11.6. The number of hydrogen-bond donors (Lipinski definition) is 1. The standard InChI is InChI=1S/C29H50O2/c1-19(2)9-8-10-20(3)25-18-26(30)29(6)24-12-11-21-17-22(31-7)13-15-27(21,4)23(24)14-16-28(25,29)5/h12,19-23,25-26,30H,8-11,13-18H2,1-7H3/t20-,21+,22+,23+,25-,26+,27+,28-,29-/m1/s1. The molecule has 0 radical (unpaired) electrons. The van der Waals surface area contributed by atoms with Crippen molar-refractivity contribution in [2.45, 2.75) is 118 Å². The highest BCUT2D eigenvalue weighted by Crippen LogP contribution is 2.72. The molecule has 31 heavy (non-hydrogen) atoms. The summed E-state index contributed by atoms with van der Waals surface area (Å²) in [5, 5.41) is 11.6. The van der Waals surface area contributed by atoms with Crippen LogP contribution in [0.3, 0.4) is 0 Å². The number of methoxy groups -OCH3 is 1. The van der Waals surface area contributed by atoms with Crippen molar-refractivity contribution in [2.75, 3.05) is 7.11 Å². The molecule has 0 bridgehead atoms. The fraction of sp³-hybridized carbons (Fsp3) is 0.931. The first-order chi connectivity index (χ1) is 14.6. The Morgan fingerprint density at radius 1 is 1.06 bits per heavy atom. The fourth-order valence-electron chi connectivity index (χ4n) is 9.07. The second-order valence-corrected chi connectivity index (χ2v) is 13.1. The average Bonchev–Trinajstić information content (AvgIpc) is 2.94. The maximum Gasteiger partial charge on any atom is 0.0639 e. The Bertz CT molecular complexity index is 682. The molecule has 0 spiro atoms. The SMILES string of the molecule is CO[C@H]1CC[C@@]2(C)[C@@H](CC=C3[C@@H]2CC[C@]2(C)[C@@H]([C@H](C)CCCC(C)C)C[C@H](O)[C@@]32C)C1. The Kier molecular flexibility index (Phi) is 6.50. The second-order valence-electron chi connectivity index (χ2n) is 13.1. The first kappa shape index (κ1) is 23.8. The van der Waals surface area contributed by atoms with Gasteiger partial charge in [-0.15, -0.1) is 0 Å². The molecule has 4 aliphatic carbocycles. The van der Waals surface area contributed by atoms with E-state index >= 15 is 0 Å². The number of ether oxygens (including phenoxy) is 1. The molecule has 0 aromatic rings. The van der Waals surface area contributed by atoms with Crippen LogP contribution in [0.1, 0.15) is 106 Å². The van der Waals surface area contributed by atoms with Gasteiger partial charge >= 0.3 is 0 Å². The summed E-state index contributed by atoms with van der Waals surface area (Å²) in [5.41, 5.74) is 2.24. The highest BCUT2D eigenvalue weighted by atomic mass is 16.5. The van der Waals surface area contributed by atoms with Crippen molar-refractivity contribution in [2.24, 2.45) is 45.8 Å². The van der Waals surface area contributed by atoms with Crippen LogP contribution in [0.5, 0.6) is 0 Å². The third-order valence-corrected chi connectivity index (χ3v) is 11.4. The lowest BCUT2D eigenvalue weighted by Crippen LogP contribution is -2.55. The third-order valence-electron chi connectivity index (χ3n) is 11.4. The van der Waals surface area contributed by atoms with Gasteiger partial charge in [0.1, 0.15) is 0 Å². The number of aliphatic hydroxyl groups excluding tert-OH is 1. The number of allylic oxidation sites excluding steroid dienone is 1.